The smallest absolute Gasteiger partial charge is 0.353 e. The van der Waals surface area contributed by atoms with Gasteiger partial charge in [-0.15, -0.1) is 0 Å². The molecule has 0 saturated carbocycles. The van der Waals surface area contributed by atoms with Crippen molar-refractivity contribution in [3.63, 3.8) is 0 Å². The Morgan fingerprint density at radius 2 is 2.21 bits per heavy atom. The lowest BCUT2D eigenvalue weighted by atomic mass is 10.0. The van der Waals surface area contributed by atoms with Crippen molar-refractivity contribution in [2.45, 2.75) is 31.4 Å². The van der Waals surface area contributed by atoms with Crippen LogP contribution >= 0.6 is 0 Å². The maximum absolute atomic E-state index is 12.3. The maximum Gasteiger partial charge on any atom is 0.353 e. The molecule has 2 aliphatic heterocycles. The number of aliphatic carboxylic acids is 1. The molecular formula is C12H19N3O4. The van der Waals surface area contributed by atoms with Gasteiger partial charge in [-0.3, -0.25) is 4.79 Å². The highest BCUT2D eigenvalue weighted by Gasteiger charge is 2.36. The van der Waals surface area contributed by atoms with E-state index in [-0.39, 0.29) is 18.0 Å². The molecule has 1 amide bonds. The SMILES string of the molecule is CN(C)C1CCCN(C(=O)C2CC(C(=O)O)=NO2)C1. The van der Waals surface area contributed by atoms with Gasteiger partial charge < -0.3 is 19.7 Å². The summed E-state index contributed by atoms with van der Waals surface area (Å²) in [5.74, 6) is -1.29. The lowest BCUT2D eigenvalue weighted by Gasteiger charge is -2.36. The number of carbonyl (C=O) groups excluding carboxylic acids is 1. The summed E-state index contributed by atoms with van der Waals surface area (Å²) in [5.41, 5.74) is -0.0838. The summed E-state index contributed by atoms with van der Waals surface area (Å²) in [6.07, 6.45) is 1.30. The number of carboxylic acid groups (broad SMARTS) is 1. The Kier molecular flexibility index (Phi) is 4.04. The van der Waals surface area contributed by atoms with Gasteiger partial charge >= 0.3 is 5.97 Å². The van der Waals surface area contributed by atoms with Gasteiger partial charge in [-0.2, -0.15) is 0 Å². The first-order valence-electron chi connectivity index (χ1n) is 6.40. The number of likely N-dealkylation sites (tertiary alicyclic amines) is 1. The fourth-order valence-electron chi connectivity index (χ4n) is 2.42. The van der Waals surface area contributed by atoms with E-state index in [9.17, 15) is 9.59 Å². The van der Waals surface area contributed by atoms with Gasteiger partial charge in [0.2, 0.25) is 6.10 Å². The molecule has 0 aliphatic carbocycles. The van der Waals surface area contributed by atoms with Crippen LogP contribution in [-0.2, 0) is 14.4 Å². The number of rotatable bonds is 3. The average Bonchev–Trinajstić information content (AvgIpc) is 2.87. The number of nitrogens with zero attached hydrogens (tertiary/aromatic N) is 3. The van der Waals surface area contributed by atoms with Crippen LogP contribution in [0.2, 0.25) is 0 Å². The normalized spacial score (nSPS) is 27.1. The molecule has 19 heavy (non-hydrogen) atoms. The van der Waals surface area contributed by atoms with E-state index in [1.807, 2.05) is 14.1 Å². The first-order valence-corrected chi connectivity index (χ1v) is 6.40. The number of carbonyl (C=O) groups is 2. The fraction of sp³-hybridized carbons (Fsp3) is 0.750. The second-order valence-corrected chi connectivity index (χ2v) is 5.19. The molecule has 2 rings (SSSR count). The van der Waals surface area contributed by atoms with Crippen LogP contribution < -0.4 is 0 Å². The number of hydrogen-bond acceptors (Lipinski definition) is 5. The second kappa shape index (κ2) is 5.56. The van der Waals surface area contributed by atoms with Crippen molar-refractivity contribution >= 4 is 17.6 Å². The predicted octanol–water partition coefficient (Wildman–Crippen LogP) is -0.231. The third kappa shape index (κ3) is 3.04. The van der Waals surface area contributed by atoms with Gasteiger partial charge in [-0.05, 0) is 26.9 Å². The van der Waals surface area contributed by atoms with Crippen molar-refractivity contribution in [3.05, 3.63) is 0 Å². The lowest BCUT2D eigenvalue weighted by Crippen LogP contribution is -2.50. The number of oxime groups is 1. The van der Waals surface area contributed by atoms with Crippen LogP contribution in [0.4, 0.5) is 0 Å². The van der Waals surface area contributed by atoms with E-state index >= 15 is 0 Å². The molecule has 2 atom stereocenters. The van der Waals surface area contributed by atoms with Gasteiger partial charge in [-0.25, -0.2) is 4.79 Å². The summed E-state index contributed by atoms with van der Waals surface area (Å²) in [7, 11) is 3.99. The number of carboxylic acids is 1. The molecule has 2 unspecified atom stereocenters. The van der Waals surface area contributed by atoms with Crippen LogP contribution in [0, 0.1) is 0 Å². The predicted molar refractivity (Wildman–Crippen MR) is 67.8 cm³/mol. The molecule has 1 N–H and O–H groups in total. The summed E-state index contributed by atoms with van der Waals surface area (Å²) in [6.45, 7) is 1.36. The van der Waals surface area contributed by atoms with Crippen molar-refractivity contribution in [2.75, 3.05) is 27.2 Å². The summed E-state index contributed by atoms with van der Waals surface area (Å²) in [6, 6.07) is 0.346. The van der Waals surface area contributed by atoms with Gasteiger partial charge in [-0.1, -0.05) is 5.16 Å². The number of amides is 1. The molecule has 0 aromatic carbocycles. The largest absolute Gasteiger partial charge is 0.477 e. The van der Waals surface area contributed by atoms with Crippen molar-refractivity contribution in [2.24, 2.45) is 5.16 Å². The van der Waals surface area contributed by atoms with Crippen LogP contribution in [-0.4, -0.2) is 71.8 Å². The molecule has 0 aromatic rings. The van der Waals surface area contributed by atoms with Crippen molar-refractivity contribution in [3.8, 4) is 0 Å². The highest BCUT2D eigenvalue weighted by Crippen LogP contribution is 2.19. The molecule has 7 heteroatoms. The molecular weight excluding hydrogens is 250 g/mol. The van der Waals surface area contributed by atoms with Crippen LogP contribution in [0.15, 0.2) is 5.16 Å². The first-order chi connectivity index (χ1) is 8.99. The number of piperidine rings is 1. The molecule has 2 heterocycles. The third-order valence-electron chi connectivity index (χ3n) is 3.63. The molecule has 2 aliphatic rings. The van der Waals surface area contributed by atoms with E-state index in [0.717, 1.165) is 12.8 Å². The van der Waals surface area contributed by atoms with E-state index in [2.05, 4.69) is 10.1 Å². The maximum atomic E-state index is 12.3. The highest BCUT2D eigenvalue weighted by molar-refractivity contribution is 6.36. The monoisotopic (exact) mass is 269 g/mol. The lowest BCUT2D eigenvalue weighted by molar-refractivity contribution is -0.144. The van der Waals surface area contributed by atoms with E-state index in [4.69, 9.17) is 9.94 Å². The van der Waals surface area contributed by atoms with Crippen molar-refractivity contribution < 1.29 is 19.5 Å². The van der Waals surface area contributed by atoms with Gasteiger partial charge in [0.1, 0.15) is 0 Å². The molecule has 1 saturated heterocycles. The van der Waals surface area contributed by atoms with Crippen molar-refractivity contribution in [1.82, 2.24) is 9.80 Å². The molecule has 7 nitrogen and oxygen atoms in total. The average molecular weight is 269 g/mol. The Labute approximate surface area is 111 Å². The highest BCUT2D eigenvalue weighted by atomic mass is 16.6. The van der Waals surface area contributed by atoms with E-state index < -0.39 is 12.1 Å². The standard InChI is InChI=1S/C12H19N3O4/c1-14(2)8-4-3-5-15(7-8)11(16)10-6-9(12(17)18)13-19-10/h8,10H,3-7H2,1-2H3,(H,17,18). The summed E-state index contributed by atoms with van der Waals surface area (Å²) in [5, 5.41) is 12.2. The van der Waals surface area contributed by atoms with Gasteiger partial charge in [0.15, 0.2) is 5.71 Å². The van der Waals surface area contributed by atoms with Crippen LogP contribution in [0.25, 0.3) is 0 Å². The van der Waals surface area contributed by atoms with Crippen molar-refractivity contribution in [1.29, 1.82) is 0 Å². The van der Waals surface area contributed by atoms with Gasteiger partial charge in [0, 0.05) is 25.6 Å². The zero-order valence-corrected chi connectivity index (χ0v) is 11.2. The molecule has 0 spiro atoms. The molecule has 0 radical (unpaired) electrons. The van der Waals surface area contributed by atoms with Crippen LogP contribution in [0.5, 0.6) is 0 Å². The summed E-state index contributed by atoms with van der Waals surface area (Å²) in [4.78, 5) is 31.8. The second-order valence-electron chi connectivity index (χ2n) is 5.19. The van der Waals surface area contributed by atoms with E-state index in [0.29, 0.717) is 19.1 Å². The molecule has 1 fully saturated rings. The topological polar surface area (TPSA) is 82.4 Å². The third-order valence-corrected chi connectivity index (χ3v) is 3.63. The number of hydrogen-bond donors (Lipinski definition) is 1. The Morgan fingerprint density at radius 3 is 2.79 bits per heavy atom. The Hall–Kier alpha value is -1.63. The molecule has 0 bridgehead atoms. The quantitative estimate of drug-likeness (QED) is 0.765. The minimum atomic E-state index is -1.12. The van der Waals surface area contributed by atoms with Gasteiger partial charge in [0.05, 0.1) is 0 Å². The molecule has 106 valence electrons. The minimum absolute atomic E-state index is 0.0529. The van der Waals surface area contributed by atoms with Gasteiger partial charge in [0.25, 0.3) is 5.91 Å². The van der Waals surface area contributed by atoms with Crippen LogP contribution in [0.1, 0.15) is 19.3 Å². The molecule has 0 aromatic heterocycles. The summed E-state index contributed by atoms with van der Waals surface area (Å²) >= 11 is 0. The Bertz CT molecular complexity index is 408. The van der Waals surface area contributed by atoms with E-state index in [1.54, 1.807) is 4.90 Å². The zero-order chi connectivity index (χ0) is 14.0. The first kappa shape index (κ1) is 13.8. The Balaban J connectivity index is 1.92. The zero-order valence-electron chi connectivity index (χ0n) is 11.2. The summed E-state index contributed by atoms with van der Waals surface area (Å²) < 4.78 is 0. The number of likely N-dealkylation sites (N-methyl/N-ethyl adjacent to an activating group) is 1. The van der Waals surface area contributed by atoms with Crippen LogP contribution in [0.3, 0.4) is 0 Å². The fourth-order valence-corrected chi connectivity index (χ4v) is 2.42. The minimum Gasteiger partial charge on any atom is -0.477 e. The van der Waals surface area contributed by atoms with E-state index in [1.165, 1.54) is 0 Å². The Morgan fingerprint density at radius 1 is 1.47 bits per heavy atom.